The Labute approximate surface area is 135 Å². The van der Waals surface area contributed by atoms with Gasteiger partial charge in [-0.3, -0.25) is 14.5 Å². The Morgan fingerprint density at radius 1 is 1.26 bits per heavy atom. The van der Waals surface area contributed by atoms with Gasteiger partial charge < -0.3 is 10.0 Å². The Morgan fingerprint density at radius 2 is 1.96 bits per heavy atom. The molecule has 120 valence electrons. The summed E-state index contributed by atoms with van der Waals surface area (Å²) in [6.07, 6.45) is 0. The molecule has 0 radical (unpaired) electrons. The summed E-state index contributed by atoms with van der Waals surface area (Å²) in [4.78, 5) is 28.6. The molecule has 0 saturated carbocycles. The SMILES string of the molecule is CCN(CCO)C(=O)[C@@H](C)N1C(=O)c2cccc3cccc1c23. The van der Waals surface area contributed by atoms with Crippen molar-refractivity contribution in [2.45, 2.75) is 19.9 Å². The fourth-order valence-electron chi connectivity index (χ4n) is 3.24. The molecular weight excluding hydrogens is 292 g/mol. The average molecular weight is 312 g/mol. The molecule has 0 bridgehead atoms. The Morgan fingerprint density at radius 3 is 2.61 bits per heavy atom. The van der Waals surface area contributed by atoms with E-state index >= 15 is 0 Å². The van der Waals surface area contributed by atoms with Crippen LogP contribution >= 0.6 is 0 Å². The summed E-state index contributed by atoms with van der Waals surface area (Å²) in [6.45, 7) is 4.30. The number of hydrogen-bond acceptors (Lipinski definition) is 3. The van der Waals surface area contributed by atoms with Crippen molar-refractivity contribution in [2.75, 3.05) is 24.6 Å². The summed E-state index contributed by atoms with van der Waals surface area (Å²) in [7, 11) is 0. The van der Waals surface area contributed by atoms with Crippen LogP contribution in [0.3, 0.4) is 0 Å². The normalized spacial score (nSPS) is 14.4. The van der Waals surface area contributed by atoms with Gasteiger partial charge in [0.1, 0.15) is 6.04 Å². The molecule has 5 nitrogen and oxygen atoms in total. The zero-order valence-electron chi connectivity index (χ0n) is 13.3. The first-order valence-electron chi connectivity index (χ1n) is 7.85. The first kappa shape index (κ1) is 15.5. The van der Waals surface area contributed by atoms with Gasteiger partial charge in [-0.25, -0.2) is 0 Å². The molecule has 1 aliphatic rings. The molecule has 0 fully saturated rings. The molecule has 5 heteroatoms. The van der Waals surface area contributed by atoms with Crippen LogP contribution in [0.1, 0.15) is 24.2 Å². The van der Waals surface area contributed by atoms with Gasteiger partial charge in [0.25, 0.3) is 5.91 Å². The topological polar surface area (TPSA) is 60.9 Å². The van der Waals surface area contributed by atoms with Crippen LogP contribution in [0, 0.1) is 0 Å². The molecule has 23 heavy (non-hydrogen) atoms. The molecule has 0 saturated heterocycles. The third-order valence-electron chi connectivity index (χ3n) is 4.40. The Kier molecular flexibility index (Phi) is 4.05. The van der Waals surface area contributed by atoms with E-state index in [0.717, 1.165) is 16.5 Å². The second-order valence-corrected chi connectivity index (χ2v) is 5.67. The Hall–Kier alpha value is -2.40. The van der Waals surface area contributed by atoms with Gasteiger partial charge >= 0.3 is 0 Å². The van der Waals surface area contributed by atoms with Crippen molar-refractivity contribution in [1.82, 2.24) is 4.90 Å². The number of nitrogens with zero attached hydrogens (tertiary/aromatic N) is 2. The molecule has 2 aromatic rings. The van der Waals surface area contributed by atoms with E-state index in [0.29, 0.717) is 12.1 Å². The average Bonchev–Trinajstić information content (AvgIpc) is 2.86. The third kappa shape index (κ3) is 2.37. The molecule has 2 amide bonds. The summed E-state index contributed by atoms with van der Waals surface area (Å²) >= 11 is 0. The van der Waals surface area contributed by atoms with Gasteiger partial charge in [0.05, 0.1) is 12.3 Å². The highest BCUT2D eigenvalue weighted by Crippen LogP contribution is 2.38. The van der Waals surface area contributed by atoms with Crippen molar-refractivity contribution in [3.05, 3.63) is 42.0 Å². The van der Waals surface area contributed by atoms with Crippen LogP contribution in [-0.4, -0.2) is 47.6 Å². The molecule has 1 aliphatic heterocycles. The zero-order chi connectivity index (χ0) is 16.6. The number of rotatable bonds is 5. The number of anilines is 1. The second kappa shape index (κ2) is 6.01. The molecule has 1 heterocycles. The van der Waals surface area contributed by atoms with E-state index in [9.17, 15) is 9.59 Å². The number of carbonyl (C=O) groups excluding carboxylic acids is 2. The molecular formula is C18H20N2O3. The minimum absolute atomic E-state index is 0.0872. The van der Waals surface area contributed by atoms with Gasteiger partial charge in [-0.15, -0.1) is 0 Å². The minimum Gasteiger partial charge on any atom is -0.395 e. The van der Waals surface area contributed by atoms with Crippen LogP contribution in [0.2, 0.25) is 0 Å². The number of likely N-dealkylation sites (N-methyl/N-ethyl adjacent to an activating group) is 1. The molecule has 1 N–H and O–H groups in total. The smallest absolute Gasteiger partial charge is 0.259 e. The van der Waals surface area contributed by atoms with Crippen molar-refractivity contribution < 1.29 is 14.7 Å². The van der Waals surface area contributed by atoms with E-state index in [-0.39, 0.29) is 25.0 Å². The lowest BCUT2D eigenvalue weighted by Crippen LogP contribution is -2.49. The Balaban J connectivity index is 2.01. The summed E-state index contributed by atoms with van der Waals surface area (Å²) in [5.74, 6) is -0.294. The highest BCUT2D eigenvalue weighted by atomic mass is 16.3. The van der Waals surface area contributed by atoms with Crippen molar-refractivity contribution in [3.8, 4) is 0 Å². The van der Waals surface area contributed by atoms with E-state index in [1.807, 2.05) is 37.3 Å². The molecule has 0 aliphatic carbocycles. The first-order valence-corrected chi connectivity index (χ1v) is 7.85. The van der Waals surface area contributed by atoms with Crippen molar-refractivity contribution in [1.29, 1.82) is 0 Å². The standard InChI is InChI=1S/C18H20N2O3/c1-3-19(10-11-21)17(22)12(2)20-15-9-5-7-13-6-4-8-14(16(13)15)18(20)23/h4-9,12,21H,3,10-11H2,1-2H3/t12-/m1/s1. The predicted octanol–water partition coefficient (Wildman–Crippen LogP) is 2.03. The Bertz CT molecular complexity index is 767. The van der Waals surface area contributed by atoms with Gasteiger partial charge in [-0.1, -0.05) is 24.3 Å². The monoisotopic (exact) mass is 312 g/mol. The van der Waals surface area contributed by atoms with Crippen molar-refractivity contribution in [3.63, 3.8) is 0 Å². The minimum atomic E-state index is -0.605. The quantitative estimate of drug-likeness (QED) is 0.919. The van der Waals surface area contributed by atoms with Crippen LogP contribution in [0.15, 0.2) is 36.4 Å². The fraction of sp³-hybridized carbons (Fsp3) is 0.333. The fourth-order valence-corrected chi connectivity index (χ4v) is 3.24. The predicted molar refractivity (Wildman–Crippen MR) is 89.6 cm³/mol. The van der Waals surface area contributed by atoms with Gasteiger partial charge in [-0.2, -0.15) is 0 Å². The third-order valence-corrected chi connectivity index (χ3v) is 4.40. The lowest BCUT2D eigenvalue weighted by atomic mass is 10.1. The van der Waals surface area contributed by atoms with Crippen LogP contribution in [-0.2, 0) is 4.79 Å². The summed E-state index contributed by atoms with van der Waals surface area (Å²) in [5, 5.41) is 11.0. The number of aliphatic hydroxyl groups excluding tert-OH is 1. The van der Waals surface area contributed by atoms with Gasteiger partial charge in [-0.05, 0) is 31.4 Å². The number of carbonyl (C=O) groups is 2. The van der Waals surface area contributed by atoms with E-state index in [4.69, 9.17) is 5.11 Å². The van der Waals surface area contributed by atoms with Crippen LogP contribution in [0.5, 0.6) is 0 Å². The highest BCUT2D eigenvalue weighted by molar-refractivity contribution is 6.26. The van der Waals surface area contributed by atoms with Crippen LogP contribution in [0.25, 0.3) is 10.8 Å². The van der Waals surface area contributed by atoms with Crippen molar-refractivity contribution >= 4 is 28.3 Å². The number of hydrogen-bond donors (Lipinski definition) is 1. The van der Waals surface area contributed by atoms with E-state index in [2.05, 4.69) is 0 Å². The number of aliphatic hydroxyl groups is 1. The molecule has 2 aromatic carbocycles. The summed E-state index contributed by atoms with van der Waals surface area (Å²) < 4.78 is 0. The maximum atomic E-state index is 12.8. The molecule has 1 atom stereocenters. The lowest BCUT2D eigenvalue weighted by molar-refractivity contribution is -0.132. The molecule has 0 unspecified atom stereocenters. The van der Waals surface area contributed by atoms with Crippen LogP contribution in [0.4, 0.5) is 5.69 Å². The van der Waals surface area contributed by atoms with E-state index in [1.54, 1.807) is 22.8 Å². The van der Waals surface area contributed by atoms with E-state index < -0.39 is 6.04 Å². The van der Waals surface area contributed by atoms with Crippen molar-refractivity contribution in [2.24, 2.45) is 0 Å². The molecule has 0 aromatic heterocycles. The number of benzene rings is 2. The molecule has 3 rings (SSSR count). The van der Waals surface area contributed by atoms with Gasteiger partial charge in [0.2, 0.25) is 5.91 Å². The number of amides is 2. The largest absolute Gasteiger partial charge is 0.395 e. The van der Waals surface area contributed by atoms with Gasteiger partial charge in [0.15, 0.2) is 0 Å². The summed E-state index contributed by atoms with van der Waals surface area (Å²) in [6, 6.07) is 10.8. The summed E-state index contributed by atoms with van der Waals surface area (Å²) in [5.41, 5.74) is 1.42. The first-order chi connectivity index (χ1) is 11.1. The zero-order valence-corrected chi connectivity index (χ0v) is 13.3. The van der Waals surface area contributed by atoms with E-state index in [1.165, 1.54) is 0 Å². The molecule has 0 spiro atoms. The maximum absolute atomic E-state index is 12.8. The highest BCUT2D eigenvalue weighted by Gasteiger charge is 2.36. The maximum Gasteiger partial charge on any atom is 0.259 e. The lowest BCUT2D eigenvalue weighted by Gasteiger charge is -2.30. The second-order valence-electron chi connectivity index (χ2n) is 5.67. The van der Waals surface area contributed by atoms with Gasteiger partial charge in [0, 0.05) is 24.0 Å². The van der Waals surface area contributed by atoms with Crippen LogP contribution < -0.4 is 4.90 Å².